The zero-order valence-corrected chi connectivity index (χ0v) is 17.5. The van der Waals surface area contributed by atoms with Crippen molar-refractivity contribution in [1.29, 1.82) is 0 Å². The van der Waals surface area contributed by atoms with E-state index in [2.05, 4.69) is 121 Å². The molecule has 0 fully saturated rings. The van der Waals surface area contributed by atoms with E-state index in [1.54, 1.807) is 0 Å². The van der Waals surface area contributed by atoms with Crippen molar-refractivity contribution in [3.63, 3.8) is 0 Å². The van der Waals surface area contributed by atoms with Gasteiger partial charge in [0, 0.05) is 31.0 Å². The maximum absolute atomic E-state index is 3.70. The summed E-state index contributed by atoms with van der Waals surface area (Å²) in [7, 11) is 0. The number of nitrogens with zero attached hydrogens (tertiary/aromatic N) is 1. The number of hydrogen-bond donors (Lipinski definition) is 0. The fourth-order valence-corrected chi connectivity index (χ4v) is 5.21. The summed E-state index contributed by atoms with van der Waals surface area (Å²) in [6.07, 6.45) is 0. The second-order valence-corrected chi connectivity index (χ2v) is 8.23. The van der Waals surface area contributed by atoms with Gasteiger partial charge in [-0.3, -0.25) is 0 Å². The molecule has 0 N–H and O–H groups in total. The predicted octanol–water partition coefficient (Wildman–Crippen LogP) is 7.98. The Kier molecular flexibility index (Phi) is 4.14. The van der Waals surface area contributed by atoms with Crippen LogP contribution < -0.4 is 0 Å². The highest BCUT2D eigenvalue weighted by atomic mass is 79.9. The van der Waals surface area contributed by atoms with Gasteiger partial charge in [-0.05, 0) is 48.0 Å². The van der Waals surface area contributed by atoms with E-state index in [0.717, 1.165) is 8.95 Å². The molecule has 1 nitrogen and oxygen atoms in total. The molecule has 0 amide bonds. The summed E-state index contributed by atoms with van der Waals surface area (Å²) in [5, 5.41) is 2.52. The molecule has 0 aliphatic heterocycles. The molecule has 5 aromatic rings. The Bertz CT molecular complexity index is 1270. The fourth-order valence-electron chi connectivity index (χ4n) is 3.76. The summed E-state index contributed by atoms with van der Waals surface area (Å²) in [4.78, 5) is 0. The highest BCUT2D eigenvalue weighted by molar-refractivity contribution is 9.11. The lowest BCUT2D eigenvalue weighted by Gasteiger charge is -2.10. The minimum atomic E-state index is 1.09. The average Bonchev–Trinajstić information content (AvgIpc) is 3.02. The van der Waals surface area contributed by atoms with E-state index in [9.17, 15) is 0 Å². The number of rotatable bonds is 2. The third-order valence-corrected chi connectivity index (χ3v) is 6.26. The van der Waals surface area contributed by atoms with Crippen molar-refractivity contribution >= 4 is 53.7 Å². The lowest BCUT2D eigenvalue weighted by atomic mass is 10.0. The summed E-state index contributed by atoms with van der Waals surface area (Å²) in [5.74, 6) is 0. The predicted molar refractivity (Wildman–Crippen MR) is 122 cm³/mol. The van der Waals surface area contributed by atoms with E-state index in [-0.39, 0.29) is 0 Å². The van der Waals surface area contributed by atoms with Crippen LogP contribution >= 0.6 is 31.9 Å². The van der Waals surface area contributed by atoms with Crippen molar-refractivity contribution in [3.05, 3.63) is 99.9 Å². The molecular formula is C24H15Br2N. The first-order chi connectivity index (χ1) is 13.2. The minimum absolute atomic E-state index is 1.09. The molecule has 0 atom stereocenters. The Balaban J connectivity index is 1.86. The molecule has 0 saturated carbocycles. The van der Waals surface area contributed by atoms with Crippen molar-refractivity contribution in [1.82, 2.24) is 4.57 Å². The molecular weight excluding hydrogens is 462 g/mol. The normalized spacial score (nSPS) is 11.3. The Labute approximate surface area is 174 Å². The SMILES string of the molecule is Brc1cccc(Br)c1-c1ccc2c(c1)c1ccccc1n2-c1ccccc1. The third-order valence-electron chi connectivity index (χ3n) is 4.94. The van der Waals surface area contributed by atoms with E-state index in [0.29, 0.717) is 0 Å². The van der Waals surface area contributed by atoms with Gasteiger partial charge in [0.2, 0.25) is 0 Å². The largest absolute Gasteiger partial charge is 0.309 e. The quantitative estimate of drug-likeness (QED) is 0.243. The summed E-state index contributed by atoms with van der Waals surface area (Å²) < 4.78 is 4.51. The van der Waals surface area contributed by atoms with Crippen LogP contribution in [0.15, 0.2) is 99.9 Å². The molecule has 0 bridgehead atoms. The second-order valence-electron chi connectivity index (χ2n) is 6.52. The first-order valence-corrected chi connectivity index (χ1v) is 10.4. The van der Waals surface area contributed by atoms with Gasteiger partial charge < -0.3 is 4.57 Å². The number of hydrogen-bond acceptors (Lipinski definition) is 0. The number of benzene rings is 4. The molecule has 1 heterocycles. The van der Waals surface area contributed by atoms with Crippen LogP contribution in [0.4, 0.5) is 0 Å². The van der Waals surface area contributed by atoms with Gasteiger partial charge >= 0.3 is 0 Å². The maximum atomic E-state index is 3.70. The number of halogens is 2. The maximum Gasteiger partial charge on any atom is 0.0541 e. The van der Waals surface area contributed by atoms with Gasteiger partial charge in [0.15, 0.2) is 0 Å². The van der Waals surface area contributed by atoms with Crippen LogP contribution in [0, 0.1) is 0 Å². The Hall–Kier alpha value is -2.36. The van der Waals surface area contributed by atoms with Crippen molar-refractivity contribution in [3.8, 4) is 16.8 Å². The minimum Gasteiger partial charge on any atom is -0.309 e. The molecule has 3 heteroatoms. The zero-order chi connectivity index (χ0) is 18.4. The molecule has 0 unspecified atom stereocenters. The van der Waals surface area contributed by atoms with Crippen LogP contribution in [0.3, 0.4) is 0 Å². The monoisotopic (exact) mass is 475 g/mol. The molecule has 0 spiro atoms. The van der Waals surface area contributed by atoms with Gasteiger partial charge in [-0.1, -0.05) is 80.4 Å². The Morgan fingerprint density at radius 2 is 1.22 bits per heavy atom. The van der Waals surface area contributed by atoms with Crippen molar-refractivity contribution < 1.29 is 0 Å². The van der Waals surface area contributed by atoms with Gasteiger partial charge in [0.05, 0.1) is 11.0 Å². The first kappa shape index (κ1) is 16.8. The van der Waals surface area contributed by atoms with Gasteiger partial charge in [0.1, 0.15) is 0 Å². The molecule has 130 valence electrons. The van der Waals surface area contributed by atoms with Gasteiger partial charge in [-0.25, -0.2) is 0 Å². The Morgan fingerprint density at radius 1 is 0.556 bits per heavy atom. The van der Waals surface area contributed by atoms with Crippen LogP contribution in [-0.4, -0.2) is 4.57 Å². The second kappa shape index (κ2) is 6.66. The average molecular weight is 477 g/mol. The molecule has 4 aromatic carbocycles. The van der Waals surface area contributed by atoms with Crippen LogP contribution in [0.5, 0.6) is 0 Å². The van der Waals surface area contributed by atoms with Gasteiger partial charge in [-0.2, -0.15) is 0 Å². The van der Waals surface area contributed by atoms with Crippen molar-refractivity contribution in [2.75, 3.05) is 0 Å². The van der Waals surface area contributed by atoms with Gasteiger partial charge in [-0.15, -0.1) is 0 Å². The van der Waals surface area contributed by atoms with E-state index in [1.807, 2.05) is 6.07 Å². The third kappa shape index (κ3) is 2.73. The zero-order valence-electron chi connectivity index (χ0n) is 14.4. The van der Waals surface area contributed by atoms with Crippen LogP contribution in [0.25, 0.3) is 38.6 Å². The molecule has 1 aromatic heterocycles. The highest BCUT2D eigenvalue weighted by Crippen LogP contribution is 2.39. The number of aromatic nitrogens is 1. The van der Waals surface area contributed by atoms with Crippen LogP contribution in [0.1, 0.15) is 0 Å². The van der Waals surface area contributed by atoms with E-state index in [1.165, 1.54) is 38.6 Å². The summed E-state index contributed by atoms with van der Waals surface area (Å²) >= 11 is 7.41. The van der Waals surface area contributed by atoms with Crippen LogP contribution in [0.2, 0.25) is 0 Å². The molecule has 0 aliphatic rings. The lowest BCUT2D eigenvalue weighted by molar-refractivity contribution is 1.18. The molecule has 0 saturated heterocycles. The first-order valence-electron chi connectivity index (χ1n) is 8.77. The molecule has 5 rings (SSSR count). The van der Waals surface area contributed by atoms with E-state index in [4.69, 9.17) is 0 Å². The Morgan fingerprint density at radius 3 is 2.00 bits per heavy atom. The summed E-state index contributed by atoms with van der Waals surface area (Å²) in [5.41, 5.74) is 5.99. The van der Waals surface area contributed by atoms with E-state index >= 15 is 0 Å². The van der Waals surface area contributed by atoms with Crippen molar-refractivity contribution in [2.24, 2.45) is 0 Å². The molecule has 0 aliphatic carbocycles. The summed E-state index contributed by atoms with van der Waals surface area (Å²) in [6, 6.07) is 32.1. The van der Waals surface area contributed by atoms with Crippen molar-refractivity contribution in [2.45, 2.75) is 0 Å². The standard InChI is InChI=1S/C24H15Br2N/c25-20-10-6-11-21(26)24(20)16-13-14-23-19(15-16)18-9-4-5-12-22(18)27(23)17-7-2-1-3-8-17/h1-15H. The molecule has 27 heavy (non-hydrogen) atoms. The fraction of sp³-hybridized carbons (Fsp3) is 0. The number of para-hydroxylation sites is 2. The topological polar surface area (TPSA) is 4.93 Å². The lowest BCUT2D eigenvalue weighted by Crippen LogP contribution is -1.92. The smallest absolute Gasteiger partial charge is 0.0541 e. The van der Waals surface area contributed by atoms with Gasteiger partial charge in [0.25, 0.3) is 0 Å². The summed E-state index contributed by atoms with van der Waals surface area (Å²) in [6.45, 7) is 0. The number of fused-ring (bicyclic) bond motifs is 3. The highest BCUT2D eigenvalue weighted by Gasteiger charge is 2.14. The van der Waals surface area contributed by atoms with E-state index < -0.39 is 0 Å². The molecule has 0 radical (unpaired) electrons. The van der Waals surface area contributed by atoms with Crippen LogP contribution in [-0.2, 0) is 0 Å².